The quantitative estimate of drug-likeness (QED) is 0.759. The number of amides is 1. The Morgan fingerprint density at radius 3 is 2.32 bits per heavy atom. The predicted octanol–water partition coefficient (Wildman–Crippen LogP) is 4.15. The number of aryl methyl sites for hydroxylation is 1. The molecule has 25 heavy (non-hydrogen) atoms. The molecule has 1 fully saturated rings. The number of carbonyl (C=O) groups excluding carboxylic acids is 1. The van der Waals surface area contributed by atoms with E-state index in [1.54, 1.807) is 43.3 Å². The molecule has 1 amide bonds. The zero-order valence-electron chi connectivity index (χ0n) is 13.9. The third kappa shape index (κ3) is 4.22. The molecule has 0 saturated heterocycles. The molecule has 1 aliphatic rings. The van der Waals surface area contributed by atoms with Gasteiger partial charge >= 0.3 is 0 Å². The van der Waals surface area contributed by atoms with Gasteiger partial charge in [-0.1, -0.05) is 28.9 Å². The van der Waals surface area contributed by atoms with Crippen molar-refractivity contribution in [3.63, 3.8) is 0 Å². The van der Waals surface area contributed by atoms with Gasteiger partial charge in [-0.3, -0.25) is 9.52 Å². The molecular formula is C18H19BrN2O3S. The molecule has 0 aromatic heterocycles. The van der Waals surface area contributed by atoms with Crippen LogP contribution in [0, 0.1) is 18.8 Å². The highest BCUT2D eigenvalue weighted by molar-refractivity contribution is 9.10. The second-order valence-electron chi connectivity index (χ2n) is 6.40. The zero-order valence-corrected chi connectivity index (χ0v) is 16.3. The normalized spacial score (nSPS) is 19.3. The fraction of sp³-hybridized carbons (Fsp3) is 0.278. The minimum Gasteiger partial charge on any atom is -0.326 e. The van der Waals surface area contributed by atoms with E-state index in [-0.39, 0.29) is 16.7 Å². The second kappa shape index (κ2) is 6.80. The Hall–Kier alpha value is -1.86. The molecule has 3 rings (SSSR count). The van der Waals surface area contributed by atoms with Gasteiger partial charge < -0.3 is 5.32 Å². The highest BCUT2D eigenvalue weighted by atomic mass is 79.9. The molecule has 132 valence electrons. The first-order valence-corrected chi connectivity index (χ1v) is 10.2. The first-order valence-electron chi connectivity index (χ1n) is 7.96. The van der Waals surface area contributed by atoms with E-state index < -0.39 is 10.0 Å². The van der Waals surface area contributed by atoms with Crippen LogP contribution in [0.5, 0.6) is 0 Å². The van der Waals surface area contributed by atoms with Crippen molar-refractivity contribution in [3.8, 4) is 0 Å². The van der Waals surface area contributed by atoms with E-state index in [1.807, 2.05) is 6.92 Å². The van der Waals surface area contributed by atoms with Crippen molar-refractivity contribution in [2.24, 2.45) is 11.8 Å². The van der Waals surface area contributed by atoms with Gasteiger partial charge in [-0.2, -0.15) is 0 Å². The summed E-state index contributed by atoms with van der Waals surface area (Å²) in [6, 6.07) is 11.8. The summed E-state index contributed by atoms with van der Waals surface area (Å²) < 4.78 is 28.8. The summed E-state index contributed by atoms with van der Waals surface area (Å²) in [5.74, 6) is 0.371. The first kappa shape index (κ1) is 17.9. The van der Waals surface area contributed by atoms with E-state index in [0.29, 0.717) is 22.9 Å². The van der Waals surface area contributed by atoms with Gasteiger partial charge in [0.1, 0.15) is 0 Å². The van der Waals surface area contributed by atoms with Crippen molar-refractivity contribution in [2.75, 3.05) is 10.0 Å². The van der Waals surface area contributed by atoms with Crippen LogP contribution in [0.25, 0.3) is 0 Å². The Labute approximate surface area is 156 Å². The van der Waals surface area contributed by atoms with E-state index >= 15 is 0 Å². The number of sulfonamides is 1. The second-order valence-corrected chi connectivity index (χ2v) is 8.97. The number of anilines is 2. The van der Waals surface area contributed by atoms with Crippen molar-refractivity contribution in [1.29, 1.82) is 0 Å². The molecule has 0 bridgehead atoms. The molecule has 2 N–H and O–H groups in total. The van der Waals surface area contributed by atoms with Gasteiger partial charge in [0, 0.05) is 21.8 Å². The van der Waals surface area contributed by atoms with E-state index in [2.05, 4.69) is 26.0 Å². The van der Waals surface area contributed by atoms with Gasteiger partial charge in [0.15, 0.2) is 0 Å². The maximum absolute atomic E-state index is 12.7. The van der Waals surface area contributed by atoms with Crippen molar-refractivity contribution in [1.82, 2.24) is 0 Å². The Bertz CT molecular complexity index is 910. The number of hydrogen-bond donors (Lipinski definition) is 2. The summed E-state index contributed by atoms with van der Waals surface area (Å²) in [4.78, 5) is 12.2. The van der Waals surface area contributed by atoms with Gasteiger partial charge in [-0.25, -0.2) is 8.42 Å². The third-order valence-corrected chi connectivity index (χ3v) is 6.34. The lowest BCUT2D eigenvalue weighted by Gasteiger charge is -2.13. The number of carbonyl (C=O) groups is 1. The van der Waals surface area contributed by atoms with Crippen LogP contribution in [0.4, 0.5) is 11.4 Å². The predicted molar refractivity (Wildman–Crippen MR) is 102 cm³/mol. The Morgan fingerprint density at radius 2 is 1.72 bits per heavy atom. The SMILES string of the molecule is Cc1ccc(NC(=O)[C@@H]2C[C@H]2C)cc1S(=O)(=O)Nc1ccc(Br)cc1. The molecule has 0 heterocycles. The van der Waals surface area contributed by atoms with Gasteiger partial charge in [0.2, 0.25) is 5.91 Å². The van der Waals surface area contributed by atoms with Crippen LogP contribution in [-0.2, 0) is 14.8 Å². The van der Waals surface area contributed by atoms with Gasteiger partial charge in [-0.15, -0.1) is 0 Å². The first-order chi connectivity index (χ1) is 11.8. The number of benzene rings is 2. The summed E-state index contributed by atoms with van der Waals surface area (Å²) in [6.45, 7) is 3.75. The summed E-state index contributed by atoms with van der Waals surface area (Å²) >= 11 is 3.32. The topological polar surface area (TPSA) is 75.3 Å². The molecule has 0 aliphatic heterocycles. The molecule has 0 unspecified atom stereocenters. The lowest BCUT2D eigenvalue weighted by Crippen LogP contribution is -2.17. The minimum atomic E-state index is -3.75. The largest absolute Gasteiger partial charge is 0.326 e. The number of halogens is 1. The molecule has 1 saturated carbocycles. The number of hydrogen-bond acceptors (Lipinski definition) is 3. The van der Waals surface area contributed by atoms with Crippen LogP contribution >= 0.6 is 15.9 Å². The van der Waals surface area contributed by atoms with Crippen molar-refractivity contribution >= 4 is 43.2 Å². The summed E-state index contributed by atoms with van der Waals surface area (Å²) in [7, 11) is -3.75. The van der Waals surface area contributed by atoms with Crippen molar-refractivity contribution in [3.05, 3.63) is 52.5 Å². The lowest BCUT2D eigenvalue weighted by atomic mass is 10.2. The van der Waals surface area contributed by atoms with Crippen LogP contribution in [-0.4, -0.2) is 14.3 Å². The minimum absolute atomic E-state index is 0.0299. The summed E-state index contributed by atoms with van der Waals surface area (Å²) in [6.07, 6.45) is 0.883. The van der Waals surface area contributed by atoms with E-state index in [4.69, 9.17) is 0 Å². The molecule has 2 atom stereocenters. The zero-order chi connectivity index (χ0) is 18.2. The molecule has 7 heteroatoms. The highest BCUT2D eigenvalue weighted by Crippen LogP contribution is 2.38. The number of nitrogens with one attached hydrogen (secondary N) is 2. The molecule has 5 nitrogen and oxygen atoms in total. The monoisotopic (exact) mass is 422 g/mol. The van der Waals surface area contributed by atoms with Crippen LogP contribution in [0.3, 0.4) is 0 Å². The van der Waals surface area contributed by atoms with Gasteiger partial charge in [0.25, 0.3) is 10.0 Å². The summed E-state index contributed by atoms with van der Waals surface area (Å²) in [5.41, 5.74) is 1.58. The van der Waals surface area contributed by atoms with Crippen molar-refractivity contribution < 1.29 is 13.2 Å². The van der Waals surface area contributed by atoms with Crippen LogP contribution in [0.1, 0.15) is 18.9 Å². The maximum Gasteiger partial charge on any atom is 0.262 e. The standard InChI is InChI=1S/C18H19BrN2O3S/c1-11-3-6-15(20-18(22)16-9-12(16)2)10-17(11)25(23,24)21-14-7-4-13(19)5-8-14/h3-8,10,12,16,21H,9H2,1-2H3,(H,20,22)/t12-,16-/m1/s1. The molecule has 2 aromatic rings. The highest BCUT2D eigenvalue weighted by Gasteiger charge is 2.39. The molecule has 0 radical (unpaired) electrons. The van der Waals surface area contributed by atoms with Crippen molar-refractivity contribution in [2.45, 2.75) is 25.2 Å². The molecule has 1 aliphatic carbocycles. The van der Waals surface area contributed by atoms with Crippen LogP contribution < -0.4 is 10.0 Å². The van der Waals surface area contributed by atoms with E-state index in [0.717, 1.165) is 10.9 Å². The third-order valence-electron chi connectivity index (χ3n) is 4.29. The Balaban J connectivity index is 1.83. The average Bonchev–Trinajstić information content (AvgIpc) is 3.28. The van der Waals surface area contributed by atoms with Crippen LogP contribution in [0.15, 0.2) is 51.8 Å². The number of rotatable bonds is 5. The Morgan fingerprint density at radius 1 is 1.12 bits per heavy atom. The van der Waals surface area contributed by atoms with Crippen LogP contribution in [0.2, 0.25) is 0 Å². The summed E-state index contributed by atoms with van der Waals surface area (Å²) in [5, 5.41) is 2.81. The van der Waals surface area contributed by atoms with Gasteiger partial charge in [0.05, 0.1) is 4.90 Å². The molecule has 2 aromatic carbocycles. The fourth-order valence-electron chi connectivity index (χ4n) is 2.62. The molecule has 0 spiro atoms. The van der Waals surface area contributed by atoms with Gasteiger partial charge in [-0.05, 0) is 61.2 Å². The average molecular weight is 423 g/mol. The lowest BCUT2D eigenvalue weighted by molar-refractivity contribution is -0.117. The van der Waals surface area contributed by atoms with E-state index in [9.17, 15) is 13.2 Å². The fourth-order valence-corrected chi connectivity index (χ4v) is 4.21. The molecular weight excluding hydrogens is 404 g/mol. The Kier molecular flexibility index (Phi) is 4.88. The maximum atomic E-state index is 12.7. The van der Waals surface area contributed by atoms with E-state index in [1.165, 1.54) is 6.07 Å². The smallest absolute Gasteiger partial charge is 0.262 e.